The van der Waals surface area contributed by atoms with Crippen molar-refractivity contribution in [2.75, 3.05) is 13.2 Å². The third kappa shape index (κ3) is 5.41. The van der Waals surface area contributed by atoms with E-state index in [1.54, 1.807) is 0 Å². The lowest BCUT2D eigenvalue weighted by Crippen LogP contribution is -2.40. The van der Waals surface area contributed by atoms with Crippen LogP contribution in [-0.4, -0.2) is 42.3 Å². The number of carboxylic acid groups (broad SMARTS) is 1. The normalized spacial score (nSPS) is 19.7. The lowest BCUT2D eigenvalue weighted by atomic mass is 9.98. The van der Waals surface area contributed by atoms with Gasteiger partial charge in [-0.05, 0) is 47.4 Å². The molecule has 0 aromatic heterocycles. The van der Waals surface area contributed by atoms with Gasteiger partial charge in [0.05, 0.1) is 5.92 Å². The summed E-state index contributed by atoms with van der Waals surface area (Å²) >= 11 is 0. The highest BCUT2D eigenvalue weighted by Gasteiger charge is 2.33. The van der Waals surface area contributed by atoms with Crippen LogP contribution in [0.2, 0.25) is 0 Å². The number of rotatable bonds is 9. The highest BCUT2D eigenvalue weighted by Crippen LogP contribution is 2.44. The first kappa shape index (κ1) is 23.8. The molecule has 0 aliphatic heterocycles. The molecule has 180 valence electrons. The van der Waals surface area contributed by atoms with Crippen molar-refractivity contribution in [2.45, 2.75) is 51.0 Å². The van der Waals surface area contributed by atoms with Crippen LogP contribution in [0.5, 0.6) is 0 Å². The number of aliphatic carboxylic acids is 1. The van der Waals surface area contributed by atoms with Gasteiger partial charge in [-0.15, -0.1) is 0 Å². The molecular weight excluding hydrogens is 432 g/mol. The molecular formula is C27H32N2O5. The van der Waals surface area contributed by atoms with Crippen molar-refractivity contribution in [2.24, 2.45) is 11.8 Å². The number of carboxylic acids is 1. The van der Waals surface area contributed by atoms with Crippen molar-refractivity contribution in [1.29, 1.82) is 0 Å². The second kappa shape index (κ2) is 10.7. The second-order valence-corrected chi connectivity index (χ2v) is 9.40. The summed E-state index contributed by atoms with van der Waals surface area (Å²) in [5.41, 5.74) is 4.71. The molecule has 0 spiro atoms. The fourth-order valence-corrected chi connectivity index (χ4v) is 5.09. The first-order chi connectivity index (χ1) is 16.4. The number of alkyl carbamates (subject to hydrolysis) is 1. The lowest BCUT2D eigenvalue weighted by molar-refractivity contribution is -0.142. The van der Waals surface area contributed by atoms with Crippen LogP contribution in [0.3, 0.4) is 0 Å². The molecule has 7 heteroatoms. The number of carbonyl (C=O) groups is 3. The van der Waals surface area contributed by atoms with Crippen LogP contribution in [0.15, 0.2) is 48.5 Å². The Morgan fingerprint density at radius 3 is 2.32 bits per heavy atom. The number of amides is 2. The SMILES string of the molecule is CC(CCC(=O)N[C@@H]1CCC[C@@H]1C(=O)O)CNC(=O)OCC1c2ccccc2-c2ccccc21. The van der Waals surface area contributed by atoms with Gasteiger partial charge in [0.25, 0.3) is 0 Å². The highest BCUT2D eigenvalue weighted by molar-refractivity contribution is 5.79. The van der Waals surface area contributed by atoms with Crippen molar-refractivity contribution >= 4 is 18.0 Å². The first-order valence-electron chi connectivity index (χ1n) is 12.0. The molecule has 0 bridgehead atoms. The van der Waals surface area contributed by atoms with Gasteiger partial charge < -0.3 is 20.5 Å². The van der Waals surface area contributed by atoms with E-state index < -0.39 is 18.0 Å². The molecule has 7 nitrogen and oxygen atoms in total. The largest absolute Gasteiger partial charge is 0.481 e. The summed E-state index contributed by atoms with van der Waals surface area (Å²) in [6, 6.07) is 16.1. The molecule has 0 saturated heterocycles. The summed E-state index contributed by atoms with van der Waals surface area (Å²) in [7, 11) is 0. The molecule has 34 heavy (non-hydrogen) atoms. The number of hydrogen-bond donors (Lipinski definition) is 3. The van der Waals surface area contributed by atoms with Gasteiger partial charge in [-0.1, -0.05) is 61.9 Å². The van der Waals surface area contributed by atoms with E-state index in [0.29, 0.717) is 32.2 Å². The van der Waals surface area contributed by atoms with E-state index in [4.69, 9.17) is 4.74 Å². The molecule has 0 heterocycles. The minimum atomic E-state index is -0.844. The minimum absolute atomic E-state index is 0.0180. The fraction of sp³-hybridized carbons (Fsp3) is 0.444. The Morgan fingerprint density at radius 1 is 1.03 bits per heavy atom. The highest BCUT2D eigenvalue weighted by atomic mass is 16.5. The Kier molecular flexibility index (Phi) is 7.50. The van der Waals surface area contributed by atoms with E-state index in [1.165, 1.54) is 22.3 Å². The maximum Gasteiger partial charge on any atom is 0.407 e. The summed E-state index contributed by atoms with van der Waals surface area (Å²) in [6.07, 6.45) is 2.58. The summed E-state index contributed by atoms with van der Waals surface area (Å²) in [6.45, 7) is 2.64. The molecule has 0 radical (unpaired) electrons. The predicted molar refractivity (Wildman–Crippen MR) is 128 cm³/mol. The van der Waals surface area contributed by atoms with Gasteiger partial charge >= 0.3 is 12.1 Å². The molecule has 2 aromatic rings. The number of nitrogens with one attached hydrogen (secondary N) is 2. The summed E-state index contributed by atoms with van der Waals surface area (Å²) < 4.78 is 5.55. The first-order valence-corrected chi connectivity index (χ1v) is 12.0. The van der Waals surface area contributed by atoms with Gasteiger partial charge in [-0.25, -0.2) is 4.79 Å². The number of fused-ring (bicyclic) bond motifs is 3. The van der Waals surface area contributed by atoms with Crippen LogP contribution in [-0.2, 0) is 14.3 Å². The number of benzene rings is 2. The van der Waals surface area contributed by atoms with E-state index >= 15 is 0 Å². The van der Waals surface area contributed by atoms with Crippen LogP contribution in [0, 0.1) is 11.8 Å². The molecule has 2 aliphatic rings. The zero-order valence-electron chi connectivity index (χ0n) is 19.5. The minimum Gasteiger partial charge on any atom is -0.481 e. The molecule has 3 atom stereocenters. The molecule has 2 aliphatic carbocycles. The van der Waals surface area contributed by atoms with Crippen LogP contribution in [0.25, 0.3) is 11.1 Å². The zero-order chi connectivity index (χ0) is 24.1. The standard InChI is InChI=1S/C27H32N2O5/c1-17(13-14-25(30)29-24-12-6-11-22(24)26(31)32)15-28-27(33)34-16-23-20-9-4-2-7-18(20)19-8-3-5-10-21(19)23/h2-5,7-10,17,22-24H,6,11-16H2,1H3,(H,28,33)(H,29,30)(H,31,32)/t17?,22-,24+/m0/s1. The quantitative estimate of drug-likeness (QED) is 0.513. The molecule has 1 saturated carbocycles. The van der Waals surface area contributed by atoms with E-state index in [1.807, 2.05) is 31.2 Å². The maximum atomic E-state index is 12.3. The number of ether oxygens (including phenoxy) is 1. The smallest absolute Gasteiger partial charge is 0.407 e. The summed E-state index contributed by atoms with van der Waals surface area (Å²) in [5.74, 6) is -1.36. The average molecular weight is 465 g/mol. The van der Waals surface area contributed by atoms with Crippen molar-refractivity contribution in [3.63, 3.8) is 0 Å². The molecule has 2 aromatic carbocycles. The molecule has 1 unspecified atom stereocenters. The van der Waals surface area contributed by atoms with Crippen molar-refractivity contribution in [1.82, 2.24) is 10.6 Å². The summed E-state index contributed by atoms with van der Waals surface area (Å²) in [4.78, 5) is 35.8. The Labute approximate surface area is 199 Å². The van der Waals surface area contributed by atoms with E-state index in [-0.39, 0.29) is 30.4 Å². The average Bonchev–Trinajstić information content (AvgIpc) is 3.43. The maximum absolute atomic E-state index is 12.3. The Hall–Kier alpha value is -3.35. The van der Waals surface area contributed by atoms with Gasteiger partial charge in [-0.2, -0.15) is 0 Å². The van der Waals surface area contributed by atoms with Gasteiger partial charge in [-0.3, -0.25) is 9.59 Å². The van der Waals surface area contributed by atoms with Crippen molar-refractivity contribution < 1.29 is 24.2 Å². The van der Waals surface area contributed by atoms with E-state index in [9.17, 15) is 19.5 Å². The van der Waals surface area contributed by atoms with Crippen LogP contribution < -0.4 is 10.6 Å². The molecule has 4 rings (SSSR count). The fourth-order valence-electron chi connectivity index (χ4n) is 5.09. The lowest BCUT2D eigenvalue weighted by Gasteiger charge is -2.19. The van der Waals surface area contributed by atoms with Gasteiger partial charge in [0.15, 0.2) is 0 Å². The van der Waals surface area contributed by atoms with E-state index in [0.717, 1.165) is 6.42 Å². The van der Waals surface area contributed by atoms with Gasteiger partial charge in [0.1, 0.15) is 6.61 Å². The van der Waals surface area contributed by atoms with E-state index in [2.05, 4.69) is 34.9 Å². The third-order valence-electron chi connectivity index (χ3n) is 6.98. The van der Waals surface area contributed by atoms with Crippen molar-refractivity contribution in [3.8, 4) is 11.1 Å². The Balaban J connectivity index is 1.19. The number of carbonyl (C=O) groups excluding carboxylic acids is 2. The number of hydrogen-bond acceptors (Lipinski definition) is 4. The summed E-state index contributed by atoms with van der Waals surface area (Å²) in [5, 5.41) is 14.9. The molecule has 2 amide bonds. The Bertz CT molecular complexity index is 1010. The van der Waals surface area contributed by atoms with Gasteiger partial charge in [0, 0.05) is 24.9 Å². The Morgan fingerprint density at radius 2 is 1.68 bits per heavy atom. The second-order valence-electron chi connectivity index (χ2n) is 9.40. The van der Waals surface area contributed by atoms with Gasteiger partial charge in [0.2, 0.25) is 5.91 Å². The molecule has 3 N–H and O–H groups in total. The predicted octanol–water partition coefficient (Wildman–Crippen LogP) is 4.31. The topological polar surface area (TPSA) is 105 Å². The molecule has 1 fully saturated rings. The zero-order valence-corrected chi connectivity index (χ0v) is 19.5. The van der Waals surface area contributed by atoms with Crippen molar-refractivity contribution in [3.05, 3.63) is 59.7 Å². The third-order valence-corrected chi connectivity index (χ3v) is 6.98. The van der Waals surface area contributed by atoms with Crippen LogP contribution in [0.4, 0.5) is 4.79 Å². The van der Waals surface area contributed by atoms with Crippen LogP contribution in [0.1, 0.15) is 56.1 Å². The van der Waals surface area contributed by atoms with Crippen LogP contribution >= 0.6 is 0 Å². The monoisotopic (exact) mass is 464 g/mol.